The van der Waals surface area contributed by atoms with Crippen LogP contribution in [0.5, 0.6) is 11.5 Å². The van der Waals surface area contributed by atoms with Gasteiger partial charge in [0.25, 0.3) is 11.8 Å². The molecule has 51 heavy (non-hydrogen) atoms. The van der Waals surface area contributed by atoms with Crippen molar-refractivity contribution in [2.24, 2.45) is 0 Å². The molecule has 0 aliphatic rings. The fourth-order valence-electron chi connectivity index (χ4n) is 5.08. The van der Waals surface area contributed by atoms with Gasteiger partial charge in [-0.05, 0) is 90.0 Å². The van der Waals surface area contributed by atoms with E-state index in [0.717, 1.165) is 11.1 Å². The van der Waals surface area contributed by atoms with Crippen LogP contribution in [0.15, 0.2) is 170 Å². The van der Waals surface area contributed by atoms with Crippen molar-refractivity contribution >= 4 is 46.9 Å². The smallest absolute Gasteiger partial charge is 0.255 e. The Balaban J connectivity index is 1.04. The van der Waals surface area contributed by atoms with E-state index in [-0.39, 0.29) is 23.4 Å². The zero-order chi connectivity index (χ0) is 35.4. The number of carbonyl (C=O) groups excluding carboxylic acids is 4. The normalized spacial score (nSPS) is 10.9. The predicted octanol–water partition coefficient (Wildman–Crippen LogP) is 9.78. The third-order valence-corrected chi connectivity index (χ3v) is 7.71. The number of amides is 2. The molecule has 0 aliphatic heterocycles. The Bertz CT molecular complexity index is 2240. The lowest BCUT2D eigenvalue weighted by Crippen LogP contribution is -2.12. The van der Waals surface area contributed by atoms with Gasteiger partial charge in [0.15, 0.2) is 11.6 Å². The first kappa shape index (κ1) is 33.8. The van der Waals surface area contributed by atoms with Crippen LogP contribution in [0.1, 0.15) is 52.6 Å². The van der Waals surface area contributed by atoms with Gasteiger partial charge in [-0.3, -0.25) is 19.2 Å². The van der Waals surface area contributed by atoms with Crippen LogP contribution in [0.2, 0.25) is 0 Å². The Kier molecular flexibility index (Phi) is 10.8. The minimum Gasteiger partial charge on any atom is -0.457 e. The lowest BCUT2D eigenvalue weighted by atomic mass is 10.1. The molecule has 0 aliphatic carbocycles. The minimum absolute atomic E-state index is 0.175. The highest BCUT2D eigenvalue weighted by molar-refractivity contribution is 6.10. The molecule has 0 spiro atoms. The van der Waals surface area contributed by atoms with Crippen molar-refractivity contribution in [2.45, 2.75) is 0 Å². The van der Waals surface area contributed by atoms with Gasteiger partial charge in [0, 0.05) is 33.6 Å². The average Bonchev–Trinajstić information content (AvgIpc) is 3.17. The fraction of sp³-hybridized carbons (Fsp3) is 0. The average molecular weight is 669 g/mol. The first-order chi connectivity index (χ1) is 24.9. The monoisotopic (exact) mass is 668 g/mol. The van der Waals surface area contributed by atoms with E-state index in [2.05, 4.69) is 10.6 Å². The van der Waals surface area contributed by atoms with Crippen molar-refractivity contribution in [3.05, 3.63) is 203 Å². The molecule has 6 rings (SSSR count). The van der Waals surface area contributed by atoms with Crippen LogP contribution in [0.4, 0.5) is 11.4 Å². The molecule has 2 amide bonds. The first-order valence-electron chi connectivity index (χ1n) is 16.2. The standard InChI is InChI=1S/C44H32N2O5/c47-41(26-20-31-10-3-1-4-11-31)34-14-7-17-37(28-34)45-43(49)33-22-24-39(25-23-33)51-40-19-9-16-36(30-40)44(50)46-38-18-8-15-35(29-38)42(48)27-21-32-12-5-2-6-13-32/h1-30H,(H,45,49)(H,46,50)/b26-20+,27-21+. The number of carbonyl (C=O) groups is 4. The maximum absolute atomic E-state index is 13.1. The summed E-state index contributed by atoms with van der Waals surface area (Å²) in [5, 5.41) is 5.68. The van der Waals surface area contributed by atoms with E-state index < -0.39 is 0 Å². The van der Waals surface area contributed by atoms with Crippen molar-refractivity contribution in [1.29, 1.82) is 0 Å². The molecular weight excluding hydrogens is 636 g/mol. The second kappa shape index (κ2) is 16.3. The second-order valence-electron chi connectivity index (χ2n) is 11.4. The summed E-state index contributed by atoms with van der Waals surface area (Å²) in [6, 6.07) is 45.9. The van der Waals surface area contributed by atoms with Crippen molar-refractivity contribution in [2.75, 3.05) is 10.6 Å². The molecule has 0 bridgehead atoms. The zero-order valence-corrected chi connectivity index (χ0v) is 27.4. The summed E-state index contributed by atoms with van der Waals surface area (Å²) in [4.78, 5) is 51.5. The molecule has 0 radical (unpaired) electrons. The first-order valence-corrected chi connectivity index (χ1v) is 16.2. The maximum atomic E-state index is 13.1. The number of benzene rings is 6. The lowest BCUT2D eigenvalue weighted by molar-refractivity contribution is 0.101. The van der Waals surface area contributed by atoms with Crippen LogP contribution in [0.25, 0.3) is 12.2 Å². The topological polar surface area (TPSA) is 102 Å². The summed E-state index contributed by atoms with van der Waals surface area (Å²) >= 11 is 0. The van der Waals surface area contributed by atoms with Crippen LogP contribution in [-0.4, -0.2) is 23.4 Å². The second-order valence-corrected chi connectivity index (χ2v) is 11.4. The molecule has 7 heteroatoms. The number of rotatable bonds is 12. The quantitative estimate of drug-likeness (QED) is 0.0999. The van der Waals surface area contributed by atoms with E-state index in [4.69, 9.17) is 4.74 Å². The highest BCUT2D eigenvalue weighted by Gasteiger charge is 2.12. The van der Waals surface area contributed by atoms with Gasteiger partial charge in [0.05, 0.1) is 0 Å². The minimum atomic E-state index is -0.366. The number of hydrogen-bond acceptors (Lipinski definition) is 5. The number of ketones is 2. The van der Waals surface area contributed by atoms with Gasteiger partial charge < -0.3 is 15.4 Å². The van der Waals surface area contributed by atoms with E-state index in [9.17, 15) is 19.2 Å². The molecule has 7 nitrogen and oxygen atoms in total. The molecule has 0 aromatic heterocycles. The summed E-state index contributed by atoms with van der Waals surface area (Å²) in [7, 11) is 0. The van der Waals surface area contributed by atoms with E-state index in [1.165, 1.54) is 12.2 Å². The van der Waals surface area contributed by atoms with Crippen molar-refractivity contribution in [3.63, 3.8) is 0 Å². The number of allylic oxidation sites excluding steroid dienone is 2. The fourth-order valence-corrected chi connectivity index (χ4v) is 5.08. The zero-order valence-electron chi connectivity index (χ0n) is 27.4. The molecular formula is C44H32N2O5. The molecule has 6 aromatic rings. The number of ether oxygens (including phenoxy) is 1. The third-order valence-electron chi connectivity index (χ3n) is 7.71. The molecule has 0 heterocycles. The van der Waals surface area contributed by atoms with Crippen molar-refractivity contribution in [1.82, 2.24) is 0 Å². The van der Waals surface area contributed by atoms with Crippen LogP contribution in [0.3, 0.4) is 0 Å². The number of anilines is 2. The SMILES string of the molecule is O=C(/C=C/c1ccccc1)c1cccc(NC(=O)c2ccc(Oc3cccc(C(=O)Nc4cccc(C(=O)/C=C/c5ccccc5)c4)c3)cc2)c1. The highest BCUT2D eigenvalue weighted by atomic mass is 16.5. The summed E-state index contributed by atoms with van der Waals surface area (Å²) < 4.78 is 5.98. The van der Waals surface area contributed by atoms with Gasteiger partial charge in [0.2, 0.25) is 0 Å². The largest absolute Gasteiger partial charge is 0.457 e. The van der Waals surface area contributed by atoms with Gasteiger partial charge in [-0.15, -0.1) is 0 Å². The van der Waals surface area contributed by atoms with E-state index >= 15 is 0 Å². The Morgan fingerprint density at radius 2 is 0.882 bits per heavy atom. The molecule has 0 unspecified atom stereocenters. The Morgan fingerprint density at radius 1 is 0.412 bits per heavy atom. The van der Waals surface area contributed by atoms with Gasteiger partial charge in [-0.2, -0.15) is 0 Å². The van der Waals surface area contributed by atoms with E-state index in [1.54, 1.807) is 109 Å². The molecule has 2 N–H and O–H groups in total. The molecule has 0 fully saturated rings. The highest BCUT2D eigenvalue weighted by Crippen LogP contribution is 2.24. The van der Waals surface area contributed by atoms with Gasteiger partial charge in [0.1, 0.15) is 11.5 Å². The van der Waals surface area contributed by atoms with E-state index in [1.807, 2.05) is 60.7 Å². The van der Waals surface area contributed by atoms with Gasteiger partial charge in [-0.25, -0.2) is 0 Å². The Labute approximate surface area is 295 Å². The van der Waals surface area contributed by atoms with Gasteiger partial charge in [-0.1, -0.05) is 103 Å². The van der Waals surface area contributed by atoms with Crippen LogP contribution >= 0.6 is 0 Å². The maximum Gasteiger partial charge on any atom is 0.255 e. The summed E-state index contributed by atoms with van der Waals surface area (Å²) in [6.07, 6.45) is 6.51. The lowest BCUT2D eigenvalue weighted by Gasteiger charge is -2.10. The summed E-state index contributed by atoms with van der Waals surface area (Å²) in [6.45, 7) is 0. The Morgan fingerprint density at radius 3 is 1.41 bits per heavy atom. The predicted molar refractivity (Wildman–Crippen MR) is 201 cm³/mol. The van der Waals surface area contributed by atoms with Crippen molar-refractivity contribution in [3.8, 4) is 11.5 Å². The van der Waals surface area contributed by atoms with Crippen LogP contribution in [0, 0.1) is 0 Å². The van der Waals surface area contributed by atoms with Crippen LogP contribution < -0.4 is 15.4 Å². The van der Waals surface area contributed by atoms with Crippen LogP contribution in [-0.2, 0) is 0 Å². The summed E-state index contributed by atoms with van der Waals surface area (Å²) in [5.41, 5.74) is 4.47. The van der Waals surface area contributed by atoms with Crippen molar-refractivity contribution < 1.29 is 23.9 Å². The Hall–Kier alpha value is -7.12. The molecule has 6 aromatic carbocycles. The molecule has 248 valence electrons. The summed E-state index contributed by atoms with van der Waals surface area (Å²) in [5.74, 6) is -0.166. The van der Waals surface area contributed by atoms with Gasteiger partial charge >= 0.3 is 0 Å². The molecule has 0 saturated heterocycles. The van der Waals surface area contributed by atoms with E-state index in [0.29, 0.717) is 45.1 Å². The number of nitrogens with one attached hydrogen (secondary N) is 2. The number of hydrogen-bond donors (Lipinski definition) is 2. The third kappa shape index (κ3) is 9.49. The molecule has 0 atom stereocenters. The molecule has 0 saturated carbocycles.